The Bertz CT molecular complexity index is 890. The normalized spacial score (nSPS) is 10.5. The Morgan fingerprint density at radius 1 is 1.17 bits per heavy atom. The zero-order chi connectivity index (χ0) is 17.1. The van der Waals surface area contributed by atoms with E-state index in [0.717, 1.165) is 10.8 Å². The zero-order valence-electron chi connectivity index (χ0n) is 13.6. The summed E-state index contributed by atoms with van der Waals surface area (Å²) < 4.78 is 5.03. The summed E-state index contributed by atoms with van der Waals surface area (Å²) in [5.74, 6) is 0.235. The SMILES string of the molecule is COc1ncc(NC(=O)c2nccc3ccccc23)c(N(C)C)n1. The molecule has 0 saturated heterocycles. The van der Waals surface area contributed by atoms with E-state index in [9.17, 15) is 4.79 Å². The van der Waals surface area contributed by atoms with Crippen molar-refractivity contribution in [3.05, 3.63) is 48.4 Å². The molecule has 7 heteroatoms. The van der Waals surface area contributed by atoms with E-state index in [1.807, 2.05) is 44.4 Å². The van der Waals surface area contributed by atoms with Crippen LogP contribution in [0.15, 0.2) is 42.7 Å². The average Bonchev–Trinajstić information content (AvgIpc) is 2.61. The highest BCUT2D eigenvalue weighted by molar-refractivity contribution is 6.12. The summed E-state index contributed by atoms with van der Waals surface area (Å²) in [5.41, 5.74) is 0.842. The van der Waals surface area contributed by atoms with E-state index in [1.165, 1.54) is 13.3 Å². The van der Waals surface area contributed by atoms with Crippen LogP contribution >= 0.6 is 0 Å². The molecule has 1 amide bonds. The lowest BCUT2D eigenvalue weighted by molar-refractivity contribution is 0.102. The molecule has 0 radical (unpaired) electrons. The largest absolute Gasteiger partial charge is 0.467 e. The number of benzene rings is 1. The molecule has 0 aliphatic heterocycles. The first-order chi connectivity index (χ1) is 11.6. The van der Waals surface area contributed by atoms with Crippen LogP contribution in [0.3, 0.4) is 0 Å². The van der Waals surface area contributed by atoms with Crippen molar-refractivity contribution in [2.24, 2.45) is 0 Å². The van der Waals surface area contributed by atoms with Gasteiger partial charge in [-0.15, -0.1) is 0 Å². The van der Waals surface area contributed by atoms with Crippen molar-refractivity contribution in [1.82, 2.24) is 15.0 Å². The summed E-state index contributed by atoms with van der Waals surface area (Å²) in [6.07, 6.45) is 3.14. The van der Waals surface area contributed by atoms with Gasteiger partial charge in [-0.05, 0) is 11.5 Å². The highest BCUT2D eigenvalue weighted by Gasteiger charge is 2.16. The lowest BCUT2D eigenvalue weighted by Gasteiger charge is -2.16. The first-order valence-electron chi connectivity index (χ1n) is 7.33. The Labute approximate surface area is 139 Å². The standard InChI is InChI=1S/C17H17N5O2/c1-22(2)15-13(10-19-17(21-15)24-3)20-16(23)14-12-7-5-4-6-11(12)8-9-18-14/h4-10H,1-3H3,(H,20,23). The predicted octanol–water partition coefficient (Wildman–Crippen LogP) is 2.35. The molecule has 1 aromatic carbocycles. The number of carbonyl (C=O) groups excluding carboxylic acids is 1. The van der Waals surface area contributed by atoms with E-state index >= 15 is 0 Å². The third-order valence-electron chi connectivity index (χ3n) is 3.49. The van der Waals surface area contributed by atoms with Crippen LogP contribution in [0.25, 0.3) is 10.8 Å². The number of pyridine rings is 1. The molecule has 122 valence electrons. The maximum absolute atomic E-state index is 12.7. The Balaban J connectivity index is 1.97. The first kappa shape index (κ1) is 15.7. The fourth-order valence-corrected chi connectivity index (χ4v) is 2.37. The fraction of sp³-hybridized carbons (Fsp3) is 0.176. The smallest absolute Gasteiger partial charge is 0.318 e. The molecule has 0 fully saturated rings. The molecule has 3 aromatic rings. The molecule has 0 aliphatic rings. The van der Waals surface area contributed by atoms with Crippen LogP contribution < -0.4 is 15.0 Å². The van der Waals surface area contributed by atoms with Gasteiger partial charge in [0, 0.05) is 25.7 Å². The van der Waals surface area contributed by atoms with Crippen LogP contribution in [-0.2, 0) is 0 Å². The number of amides is 1. The van der Waals surface area contributed by atoms with Crippen LogP contribution in [0.4, 0.5) is 11.5 Å². The van der Waals surface area contributed by atoms with Crippen LogP contribution in [0, 0.1) is 0 Å². The number of carbonyl (C=O) groups is 1. The van der Waals surface area contributed by atoms with Crippen molar-refractivity contribution < 1.29 is 9.53 Å². The summed E-state index contributed by atoms with van der Waals surface area (Å²) in [6.45, 7) is 0. The summed E-state index contributed by atoms with van der Waals surface area (Å²) in [7, 11) is 5.15. The Kier molecular flexibility index (Phi) is 4.24. The van der Waals surface area contributed by atoms with E-state index in [1.54, 1.807) is 11.1 Å². The van der Waals surface area contributed by atoms with Gasteiger partial charge in [-0.25, -0.2) is 4.98 Å². The quantitative estimate of drug-likeness (QED) is 0.794. The van der Waals surface area contributed by atoms with Crippen molar-refractivity contribution in [2.45, 2.75) is 0 Å². The Hall–Kier alpha value is -3.22. The van der Waals surface area contributed by atoms with E-state index < -0.39 is 0 Å². The van der Waals surface area contributed by atoms with Crippen LogP contribution in [-0.4, -0.2) is 42.1 Å². The van der Waals surface area contributed by atoms with Crippen molar-refractivity contribution in [2.75, 3.05) is 31.4 Å². The van der Waals surface area contributed by atoms with Crippen molar-refractivity contribution >= 4 is 28.2 Å². The molecule has 0 aliphatic carbocycles. The maximum Gasteiger partial charge on any atom is 0.318 e. The van der Waals surface area contributed by atoms with Gasteiger partial charge >= 0.3 is 6.01 Å². The number of anilines is 2. The molecular weight excluding hydrogens is 306 g/mol. The molecule has 0 saturated carbocycles. The number of hydrogen-bond acceptors (Lipinski definition) is 6. The van der Waals surface area contributed by atoms with Gasteiger partial charge in [0.1, 0.15) is 11.4 Å². The maximum atomic E-state index is 12.7. The third-order valence-corrected chi connectivity index (χ3v) is 3.49. The zero-order valence-corrected chi connectivity index (χ0v) is 13.6. The highest BCUT2D eigenvalue weighted by atomic mass is 16.5. The molecule has 24 heavy (non-hydrogen) atoms. The highest BCUT2D eigenvalue weighted by Crippen LogP contribution is 2.24. The molecule has 2 aromatic heterocycles. The summed E-state index contributed by atoms with van der Waals surface area (Å²) in [4.78, 5) is 27.0. The number of hydrogen-bond donors (Lipinski definition) is 1. The number of rotatable bonds is 4. The molecule has 0 unspecified atom stereocenters. The van der Waals surface area contributed by atoms with Crippen molar-refractivity contribution in [3.8, 4) is 6.01 Å². The second-order valence-electron chi connectivity index (χ2n) is 5.32. The van der Waals surface area contributed by atoms with Gasteiger partial charge in [0.05, 0.1) is 13.3 Å². The number of ether oxygens (including phenoxy) is 1. The van der Waals surface area contributed by atoms with E-state index in [-0.39, 0.29) is 11.9 Å². The minimum atomic E-state index is -0.316. The lowest BCUT2D eigenvalue weighted by Crippen LogP contribution is -2.19. The number of nitrogens with one attached hydrogen (secondary N) is 1. The minimum absolute atomic E-state index is 0.236. The van der Waals surface area contributed by atoms with Crippen LogP contribution in [0.1, 0.15) is 10.5 Å². The first-order valence-corrected chi connectivity index (χ1v) is 7.33. The van der Waals surface area contributed by atoms with E-state index in [4.69, 9.17) is 4.74 Å². The topological polar surface area (TPSA) is 80.2 Å². The number of aromatic nitrogens is 3. The number of nitrogens with zero attached hydrogens (tertiary/aromatic N) is 4. The summed E-state index contributed by atoms with van der Waals surface area (Å²) in [5, 5.41) is 4.57. The summed E-state index contributed by atoms with van der Waals surface area (Å²) >= 11 is 0. The molecule has 0 atom stereocenters. The van der Waals surface area contributed by atoms with Crippen molar-refractivity contribution in [1.29, 1.82) is 0 Å². The second-order valence-corrected chi connectivity index (χ2v) is 5.32. The molecule has 2 heterocycles. The fourth-order valence-electron chi connectivity index (χ4n) is 2.37. The number of fused-ring (bicyclic) bond motifs is 1. The van der Waals surface area contributed by atoms with Crippen LogP contribution in [0.5, 0.6) is 6.01 Å². The molecular formula is C17H17N5O2. The summed E-state index contributed by atoms with van der Waals surface area (Å²) in [6, 6.07) is 9.71. The molecule has 0 spiro atoms. The third kappa shape index (κ3) is 2.96. The lowest BCUT2D eigenvalue weighted by atomic mass is 10.1. The second kappa shape index (κ2) is 6.49. The minimum Gasteiger partial charge on any atom is -0.467 e. The Morgan fingerprint density at radius 3 is 2.71 bits per heavy atom. The van der Waals surface area contributed by atoms with Gasteiger partial charge in [-0.3, -0.25) is 9.78 Å². The molecule has 7 nitrogen and oxygen atoms in total. The van der Waals surface area contributed by atoms with Crippen LogP contribution in [0.2, 0.25) is 0 Å². The molecule has 3 rings (SSSR count). The Morgan fingerprint density at radius 2 is 1.96 bits per heavy atom. The predicted molar refractivity (Wildman–Crippen MR) is 92.6 cm³/mol. The van der Waals surface area contributed by atoms with E-state index in [0.29, 0.717) is 17.2 Å². The average molecular weight is 323 g/mol. The van der Waals surface area contributed by atoms with Gasteiger partial charge in [0.15, 0.2) is 5.82 Å². The van der Waals surface area contributed by atoms with Gasteiger partial charge in [-0.2, -0.15) is 4.98 Å². The van der Waals surface area contributed by atoms with E-state index in [2.05, 4.69) is 20.3 Å². The van der Waals surface area contributed by atoms with Gasteiger partial charge in [0.25, 0.3) is 5.91 Å². The van der Waals surface area contributed by atoms with Crippen molar-refractivity contribution in [3.63, 3.8) is 0 Å². The molecule has 1 N–H and O–H groups in total. The number of methoxy groups -OCH3 is 1. The van der Waals surface area contributed by atoms with Gasteiger partial charge in [-0.1, -0.05) is 24.3 Å². The molecule has 0 bridgehead atoms. The monoisotopic (exact) mass is 323 g/mol. The van der Waals surface area contributed by atoms with Gasteiger partial charge < -0.3 is 15.0 Å². The van der Waals surface area contributed by atoms with Gasteiger partial charge in [0.2, 0.25) is 0 Å².